The van der Waals surface area contributed by atoms with Gasteiger partial charge < -0.3 is 0 Å². The third-order valence-electron chi connectivity index (χ3n) is 3.97. The summed E-state index contributed by atoms with van der Waals surface area (Å²) in [5, 5.41) is 10.1. The Morgan fingerprint density at radius 2 is 1.96 bits per heavy atom. The molecule has 0 radical (unpaired) electrons. The highest BCUT2D eigenvalue weighted by molar-refractivity contribution is 9.10. The van der Waals surface area contributed by atoms with E-state index in [0.29, 0.717) is 0 Å². The molecule has 1 aromatic carbocycles. The SMILES string of the molecule is Cc1nn(CCc2nc3c4ccccc4ncn3n2)c(C)c1Br. The van der Waals surface area contributed by atoms with Crippen molar-refractivity contribution in [1.29, 1.82) is 0 Å². The molecule has 6 nitrogen and oxygen atoms in total. The number of hydrogen-bond acceptors (Lipinski definition) is 4. The molecule has 0 atom stereocenters. The van der Waals surface area contributed by atoms with Gasteiger partial charge in [0.1, 0.15) is 6.33 Å². The Balaban J connectivity index is 1.67. The van der Waals surface area contributed by atoms with Crippen LogP contribution in [0.15, 0.2) is 35.1 Å². The summed E-state index contributed by atoms with van der Waals surface area (Å²) in [5.74, 6) is 0.798. The lowest BCUT2D eigenvalue weighted by molar-refractivity contribution is 0.581. The number of halogens is 1. The Bertz CT molecular complexity index is 1020. The number of aromatic nitrogens is 6. The minimum Gasteiger partial charge on any atom is -0.268 e. The molecule has 0 aliphatic carbocycles. The summed E-state index contributed by atoms with van der Waals surface area (Å²) in [5.41, 5.74) is 3.90. The van der Waals surface area contributed by atoms with E-state index >= 15 is 0 Å². The molecule has 0 amide bonds. The maximum atomic E-state index is 4.67. The molecule has 4 rings (SSSR count). The summed E-state index contributed by atoms with van der Waals surface area (Å²) in [6.07, 6.45) is 2.44. The fourth-order valence-electron chi connectivity index (χ4n) is 2.73. The number of nitrogens with zero attached hydrogens (tertiary/aromatic N) is 6. The average molecular weight is 371 g/mol. The fourth-order valence-corrected chi connectivity index (χ4v) is 3.01. The first kappa shape index (κ1) is 14.3. The lowest BCUT2D eigenvalue weighted by atomic mass is 10.2. The monoisotopic (exact) mass is 370 g/mol. The van der Waals surface area contributed by atoms with Crippen LogP contribution < -0.4 is 0 Å². The number of aryl methyl sites for hydroxylation is 3. The Morgan fingerprint density at radius 1 is 1.13 bits per heavy atom. The molecule has 3 heterocycles. The smallest absolute Gasteiger partial charge is 0.166 e. The van der Waals surface area contributed by atoms with Gasteiger partial charge in [-0.15, -0.1) is 5.10 Å². The van der Waals surface area contributed by atoms with Crippen molar-refractivity contribution in [3.8, 4) is 0 Å². The van der Waals surface area contributed by atoms with E-state index in [2.05, 4.69) is 43.0 Å². The molecule has 3 aromatic heterocycles. The molecule has 116 valence electrons. The van der Waals surface area contributed by atoms with Crippen molar-refractivity contribution in [2.24, 2.45) is 0 Å². The van der Waals surface area contributed by atoms with Gasteiger partial charge in [-0.1, -0.05) is 12.1 Å². The second kappa shape index (κ2) is 5.42. The van der Waals surface area contributed by atoms with Gasteiger partial charge in [0.2, 0.25) is 0 Å². The van der Waals surface area contributed by atoms with E-state index in [4.69, 9.17) is 0 Å². The van der Waals surface area contributed by atoms with Gasteiger partial charge in [0, 0.05) is 24.0 Å². The van der Waals surface area contributed by atoms with Crippen molar-refractivity contribution >= 4 is 32.5 Å². The van der Waals surface area contributed by atoms with Gasteiger partial charge in [-0.3, -0.25) is 4.68 Å². The number of hydrogen-bond donors (Lipinski definition) is 0. The largest absolute Gasteiger partial charge is 0.268 e. The van der Waals surface area contributed by atoms with E-state index in [-0.39, 0.29) is 0 Å². The van der Waals surface area contributed by atoms with Gasteiger partial charge in [0.15, 0.2) is 11.5 Å². The number of fused-ring (bicyclic) bond motifs is 3. The van der Waals surface area contributed by atoms with Crippen LogP contribution in [0.2, 0.25) is 0 Å². The van der Waals surface area contributed by atoms with E-state index in [1.807, 2.05) is 35.9 Å². The van der Waals surface area contributed by atoms with Crippen LogP contribution in [-0.2, 0) is 13.0 Å². The van der Waals surface area contributed by atoms with Crippen molar-refractivity contribution in [1.82, 2.24) is 29.4 Å². The van der Waals surface area contributed by atoms with Crippen LogP contribution in [0.25, 0.3) is 16.6 Å². The van der Waals surface area contributed by atoms with Crippen molar-refractivity contribution < 1.29 is 0 Å². The van der Waals surface area contributed by atoms with Gasteiger partial charge in [-0.05, 0) is 41.9 Å². The van der Waals surface area contributed by atoms with Crippen LogP contribution >= 0.6 is 15.9 Å². The van der Waals surface area contributed by atoms with E-state index in [9.17, 15) is 0 Å². The Hall–Kier alpha value is -2.28. The molecule has 23 heavy (non-hydrogen) atoms. The van der Waals surface area contributed by atoms with Crippen LogP contribution in [0.1, 0.15) is 17.2 Å². The zero-order valence-electron chi connectivity index (χ0n) is 12.9. The van der Waals surface area contributed by atoms with Crippen LogP contribution in [0.4, 0.5) is 0 Å². The van der Waals surface area contributed by atoms with Gasteiger partial charge in [0.25, 0.3) is 0 Å². The third kappa shape index (κ3) is 2.41. The second-order valence-corrected chi connectivity index (χ2v) is 6.31. The topological polar surface area (TPSA) is 60.9 Å². The number of rotatable bonds is 3. The van der Waals surface area contributed by atoms with E-state index in [0.717, 1.165) is 51.2 Å². The van der Waals surface area contributed by atoms with Crippen LogP contribution in [0, 0.1) is 13.8 Å². The average Bonchev–Trinajstić information content (AvgIpc) is 3.09. The standard InChI is InChI=1S/C16H15BrN6/c1-10-15(17)11(2)22(20-10)8-7-14-19-16-12-5-3-4-6-13(12)18-9-23(16)21-14/h3-6,9H,7-8H2,1-2H3. The summed E-state index contributed by atoms with van der Waals surface area (Å²) in [6, 6.07) is 7.97. The molecule has 0 N–H and O–H groups in total. The van der Waals surface area contributed by atoms with Gasteiger partial charge >= 0.3 is 0 Å². The van der Waals surface area contributed by atoms with Crippen LogP contribution in [0.5, 0.6) is 0 Å². The first-order valence-electron chi connectivity index (χ1n) is 7.42. The summed E-state index contributed by atoms with van der Waals surface area (Å²) in [4.78, 5) is 9.08. The van der Waals surface area contributed by atoms with Crippen molar-refractivity contribution in [3.05, 3.63) is 52.3 Å². The molecule has 0 aliphatic heterocycles. The molecule has 0 spiro atoms. The van der Waals surface area contributed by atoms with E-state index in [1.54, 1.807) is 10.8 Å². The second-order valence-electron chi connectivity index (χ2n) is 5.52. The van der Waals surface area contributed by atoms with Crippen molar-refractivity contribution in [2.45, 2.75) is 26.8 Å². The molecule has 0 fully saturated rings. The Labute approximate surface area is 141 Å². The molecular weight excluding hydrogens is 356 g/mol. The predicted molar refractivity (Wildman–Crippen MR) is 91.4 cm³/mol. The van der Waals surface area contributed by atoms with Gasteiger partial charge in [-0.2, -0.15) is 5.10 Å². The summed E-state index contributed by atoms with van der Waals surface area (Å²) >= 11 is 3.55. The summed E-state index contributed by atoms with van der Waals surface area (Å²) < 4.78 is 4.80. The highest BCUT2D eigenvalue weighted by Crippen LogP contribution is 2.20. The summed E-state index contributed by atoms with van der Waals surface area (Å²) in [7, 11) is 0. The molecule has 0 unspecified atom stereocenters. The zero-order chi connectivity index (χ0) is 16.0. The Kier molecular flexibility index (Phi) is 3.37. The first-order chi connectivity index (χ1) is 11.1. The highest BCUT2D eigenvalue weighted by atomic mass is 79.9. The molecule has 0 aliphatic rings. The molecule has 0 saturated heterocycles. The maximum Gasteiger partial charge on any atom is 0.166 e. The lowest BCUT2D eigenvalue weighted by Gasteiger charge is -2.01. The van der Waals surface area contributed by atoms with Gasteiger partial charge in [-0.25, -0.2) is 14.5 Å². The lowest BCUT2D eigenvalue weighted by Crippen LogP contribution is -2.06. The number of benzene rings is 1. The molecule has 7 heteroatoms. The summed E-state index contributed by atoms with van der Waals surface area (Å²) in [6.45, 7) is 4.80. The molecule has 0 bridgehead atoms. The normalized spacial score (nSPS) is 11.6. The van der Waals surface area contributed by atoms with Crippen LogP contribution in [0.3, 0.4) is 0 Å². The minimum absolute atomic E-state index is 0.727. The molecule has 0 saturated carbocycles. The third-order valence-corrected chi connectivity index (χ3v) is 5.11. The number of para-hydroxylation sites is 1. The Morgan fingerprint density at radius 3 is 2.74 bits per heavy atom. The zero-order valence-corrected chi connectivity index (χ0v) is 14.4. The van der Waals surface area contributed by atoms with Crippen molar-refractivity contribution in [3.63, 3.8) is 0 Å². The van der Waals surface area contributed by atoms with Crippen molar-refractivity contribution in [2.75, 3.05) is 0 Å². The minimum atomic E-state index is 0.727. The first-order valence-corrected chi connectivity index (χ1v) is 8.21. The van der Waals surface area contributed by atoms with E-state index < -0.39 is 0 Å². The van der Waals surface area contributed by atoms with Crippen LogP contribution in [-0.4, -0.2) is 29.4 Å². The van der Waals surface area contributed by atoms with E-state index in [1.165, 1.54) is 0 Å². The fraction of sp³-hybridized carbons (Fsp3) is 0.250. The van der Waals surface area contributed by atoms with Gasteiger partial charge in [0.05, 0.1) is 15.7 Å². The molecule has 4 aromatic rings. The predicted octanol–water partition coefficient (Wildman–Crippen LogP) is 3.10. The quantitative estimate of drug-likeness (QED) is 0.555. The maximum absolute atomic E-state index is 4.67. The molecular formula is C16H15BrN6. The highest BCUT2D eigenvalue weighted by Gasteiger charge is 2.11.